The van der Waals surface area contributed by atoms with Crippen LogP contribution in [0.25, 0.3) is 0 Å². The molecular formula is C12H25NO2. The molecule has 1 aliphatic heterocycles. The van der Waals surface area contributed by atoms with E-state index in [2.05, 4.69) is 11.9 Å². The molecule has 1 rings (SSSR count). The summed E-state index contributed by atoms with van der Waals surface area (Å²) in [5.41, 5.74) is 0. The van der Waals surface area contributed by atoms with Gasteiger partial charge in [0, 0.05) is 26.4 Å². The second-order valence-electron chi connectivity index (χ2n) is 4.60. The highest BCUT2D eigenvalue weighted by atomic mass is 16.5. The molecule has 1 aliphatic rings. The molecule has 0 aromatic carbocycles. The highest BCUT2D eigenvalue weighted by molar-refractivity contribution is 4.67. The van der Waals surface area contributed by atoms with Crippen molar-refractivity contribution in [2.24, 2.45) is 5.92 Å². The largest absolute Gasteiger partial charge is 0.396 e. The van der Waals surface area contributed by atoms with E-state index >= 15 is 0 Å². The van der Waals surface area contributed by atoms with Crippen molar-refractivity contribution in [1.29, 1.82) is 0 Å². The van der Waals surface area contributed by atoms with Gasteiger partial charge in [-0.15, -0.1) is 0 Å². The lowest BCUT2D eigenvalue weighted by molar-refractivity contribution is 0.0555. The van der Waals surface area contributed by atoms with Gasteiger partial charge in [0.25, 0.3) is 0 Å². The molecular weight excluding hydrogens is 190 g/mol. The topological polar surface area (TPSA) is 32.7 Å². The van der Waals surface area contributed by atoms with Crippen molar-refractivity contribution in [1.82, 2.24) is 4.90 Å². The van der Waals surface area contributed by atoms with Gasteiger partial charge in [-0.25, -0.2) is 0 Å². The zero-order valence-electron chi connectivity index (χ0n) is 9.95. The molecule has 1 heterocycles. The lowest BCUT2D eigenvalue weighted by atomic mass is 10.00. The van der Waals surface area contributed by atoms with Crippen molar-refractivity contribution < 1.29 is 9.84 Å². The van der Waals surface area contributed by atoms with Crippen molar-refractivity contribution in [2.45, 2.75) is 32.1 Å². The molecule has 0 amide bonds. The van der Waals surface area contributed by atoms with Crippen molar-refractivity contribution in [3.05, 3.63) is 0 Å². The third kappa shape index (κ3) is 6.13. The van der Waals surface area contributed by atoms with Crippen LogP contribution in [0.5, 0.6) is 0 Å². The Morgan fingerprint density at radius 3 is 2.60 bits per heavy atom. The summed E-state index contributed by atoms with van der Waals surface area (Å²) in [6.45, 7) is 4.61. The molecule has 0 aromatic heterocycles. The summed E-state index contributed by atoms with van der Waals surface area (Å²) >= 11 is 0. The Kier molecular flexibility index (Phi) is 6.98. The van der Waals surface area contributed by atoms with Gasteiger partial charge in [0.15, 0.2) is 0 Å². The number of ether oxygens (including phenoxy) is 1. The minimum atomic E-state index is 0.337. The Hall–Kier alpha value is -0.120. The van der Waals surface area contributed by atoms with E-state index in [1.807, 2.05) is 0 Å². The van der Waals surface area contributed by atoms with E-state index < -0.39 is 0 Å². The number of hydrogen-bond acceptors (Lipinski definition) is 3. The van der Waals surface area contributed by atoms with Gasteiger partial charge >= 0.3 is 0 Å². The number of aliphatic hydroxyl groups is 1. The van der Waals surface area contributed by atoms with E-state index in [0.29, 0.717) is 6.61 Å². The molecule has 0 bridgehead atoms. The fourth-order valence-corrected chi connectivity index (χ4v) is 2.13. The molecule has 0 aromatic rings. The maximum Gasteiger partial charge on any atom is 0.0469 e. The van der Waals surface area contributed by atoms with Gasteiger partial charge in [0.05, 0.1) is 0 Å². The van der Waals surface area contributed by atoms with E-state index in [1.54, 1.807) is 0 Å². The Labute approximate surface area is 93.4 Å². The molecule has 90 valence electrons. The Bertz CT molecular complexity index is 147. The highest BCUT2D eigenvalue weighted by Crippen LogP contribution is 2.15. The molecule has 1 saturated heterocycles. The van der Waals surface area contributed by atoms with Crippen LogP contribution < -0.4 is 0 Å². The van der Waals surface area contributed by atoms with Gasteiger partial charge in [-0.2, -0.15) is 0 Å². The van der Waals surface area contributed by atoms with Crippen LogP contribution in [0, 0.1) is 5.92 Å². The number of rotatable bonds is 7. The standard InChI is InChI=1S/C12H25NO2/c1-13(7-3-2-4-8-14)11-12-5-9-15-10-6-12/h12,14H,2-11H2,1H3. The molecule has 3 heteroatoms. The smallest absolute Gasteiger partial charge is 0.0469 e. The van der Waals surface area contributed by atoms with Crippen LogP contribution >= 0.6 is 0 Å². The third-order valence-corrected chi connectivity index (χ3v) is 3.11. The first-order chi connectivity index (χ1) is 7.33. The van der Waals surface area contributed by atoms with Crippen molar-refractivity contribution in [3.8, 4) is 0 Å². The highest BCUT2D eigenvalue weighted by Gasteiger charge is 2.15. The Morgan fingerprint density at radius 2 is 1.93 bits per heavy atom. The molecule has 0 unspecified atom stereocenters. The molecule has 1 fully saturated rings. The van der Waals surface area contributed by atoms with Gasteiger partial charge in [-0.1, -0.05) is 0 Å². The Morgan fingerprint density at radius 1 is 1.20 bits per heavy atom. The molecule has 0 radical (unpaired) electrons. The average molecular weight is 215 g/mol. The lowest BCUT2D eigenvalue weighted by Gasteiger charge is -2.27. The van der Waals surface area contributed by atoms with Crippen LogP contribution in [0.15, 0.2) is 0 Å². The van der Waals surface area contributed by atoms with Gasteiger partial charge in [0.2, 0.25) is 0 Å². The minimum absolute atomic E-state index is 0.337. The normalized spacial score (nSPS) is 18.6. The lowest BCUT2D eigenvalue weighted by Crippen LogP contribution is -2.30. The number of aliphatic hydroxyl groups excluding tert-OH is 1. The summed E-state index contributed by atoms with van der Waals surface area (Å²) in [6.07, 6.45) is 5.75. The van der Waals surface area contributed by atoms with Crippen LogP contribution in [0.4, 0.5) is 0 Å². The van der Waals surface area contributed by atoms with Crippen molar-refractivity contribution in [3.63, 3.8) is 0 Å². The summed E-state index contributed by atoms with van der Waals surface area (Å²) in [6, 6.07) is 0. The maximum atomic E-state index is 8.67. The molecule has 1 N–H and O–H groups in total. The number of unbranched alkanes of at least 4 members (excludes halogenated alkanes) is 2. The molecule has 0 saturated carbocycles. The van der Waals surface area contributed by atoms with E-state index in [-0.39, 0.29) is 0 Å². The van der Waals surface area contributed by atoms with E-state index in [1.165, 1.54) is 25.8 Å². The Balaban J connectivity index is 1.98. The van der Waals surface area contributed by atoms with Crippen LogP contribution in [0.2, 0.25) is 0 Å². The van der Waals surface area contributed by atoms with Crippen LogP contribution in [0.3, 0.4) is 0 Å². The first-order valence-corrected chi connectivity index (χ1v) is 6.20. The fraction of sp³-hybridized carbons (Fsp3) is 1.00. The monoisotopic (exact) mass is 215 g/mol. The number of hydrogen-bond donors (Lipinski definition) is 1. The van der Waals surface area contributed by atoms with Gasteiger partial charge < -0.3 is 14.7 Å². The third-order valence-electron chi connectivity index (χ3n) is 3.11. The second-order valence-corrected chi connectivity index (χ2v) is 4.60. The summed E-state index contributed by atoms with van der Waals surface area (Å²) in [5, 5.41) is 8.67. The van der Waals surface area contributed by atoms with Crippen LogP contribution in [-0.2, 0) is 4.74 Å². The van der Waals surface area contributed by atoms with Crippen LogP contribution in [0.1, 0.15) is 32.1 Å². The van der Waals surface area contributed by atoms with Gasteiger partial charge in [-0.3, -0.25) is 0 Å². The first-order valence-electron chi connectivity index (χ1n) is 6.20. The predicted octanol–water partition coefficient (Wildman–Crippen LogP) is 1.51. The van der Waals surface area contributed by atoms with Crippen LogP contribution in [-0.4, -0.2) is 50.0 Å². The summed E-state index contributed by atoms with van der Waals surface area (Å²) in [4.78, 5) is 2.42. The van der Waals surface area contributed by atoms with Crippen molar-refractivity contribution in [2.75, 3.05) is 40.0 Å². The van der Waals surface area contributed by atoms with Gasteiger partial charge in [0.1, 0.15) is 0 Å². The molecule has 3 nitrogen and oxygen atoms in total. The van der Waals surface area contributed by atoms with E-state index in [0.717, 1.165) is 38.5 Å². The average Bonchev–Trinajstić information content (AvgIpc) is 2.26. The SMILES string of the molecule is CN(CCCCCO)CC1CCOCC1. The zero-order valence-corrected chi connectivity index (χ0v) is 9.95. The maximum absolute atomic E-state index is 8.67. The summed E-state index contributed by atoms with van der Waals surface area (Å²) in [5.74, 6) is 0.835. The molecule has 0 aliphatic carbocycles. The molecule has 0 spiro atoms. The van der Waals surface area contributed by atoms with E-state index in [9.17, 15) is 0 Å². The quantitative estimate of drug-likeness (QED) is 0.653. The minimum Gasteiger partial charge on any atom is -0.396 e. The summed E-state index contributed by atoms with van der Waals surface area (Å²) in [7, 11) is 2.20. The number of nitrogens with zero attached hydrogens (tertiary/aromatic N) is 1. The molecule has 0 atom stereocenters. The van der Waals surface area contributed by atoms with E-state index in [4.69, 9.17) is 9.84 Å². The van der Waals surface area contributed by atoms with Gasteiger partial charge in [-0.05, 0) is 51.6 Å². The fourth-order valence-electron chi connectivity index (χ4n) is 2.13. The second kappa shape index (κ2) is 8.08. The molecule has 15 heavy (non-hydrogen) atoms. The predicted molar refractivity (Wildman–Crippen MR) is 62.0 cm³/mol. The zero-order chi connectivity index (χ0) is 10.9. The summed E-state index contributed by atoms with van der Waals surface area (Å²) < 4.78 is 5.35. The first kappa shape index (κ1) is 12.9. The van der Waals surface area contributed by atoms with Crippen molar-refractivity contribution >= 4 is 0 Å².